The second kappa shape index (κ2) is 12.9. The summed E-state index contributed by atoms with van der Waals surface area (Å²) in [5, 5.41) is 4.00. The normalized spacial score (nSPS) is 14.9. The van der Waals surface area contributed by atoms with Gasteiger partial charge in [-0.2, -0.15) is 0 Å². The molecule has 1 saturated heterocycles. The lowest BCUT2D eigenvalue weighted by atomic mass is 9.98. The third-order valence-electron chi connectivity index (χ3n) is 7.26. The van der Waals surface area contributed by atoms with Crippen molar-refractivity contribution in [3.63, 3.8) is 0 Å². The fourth-order valence-electron chi connectivity index (χ4n) is 4.90. The Balaban J connectivity index is 1.33. The summed E-state index contributed by atoms with van der Waals surface area (Å²) in [6.45, 7) is 8.97. The highest BCUT2D eigenvalue weighted by Crippen LogP contribution is 2.41. The Labute approximate surface area is 275 Å². The standard InChI is InChI=1S/C33H32F3N7O2S2/c1-33(2,3)31-41-28(20-8-10-22(34)26(18-20)42-47(4,44)30-23(35)6-5-7-24(30)36)29(46-31)25-12-13-37-32(40-25)39-21-9-11-27(38-19-21)43-14-16-45-17-15-43/h5-13,18-19H,4,14-17H2,1-3H3,(H,42,44)(H,37,39,40). The van der Waals surface area contributed by atoms with Gasteiger partial charge in [0.1, 0.15) is 28.2 Å². The number of nitrogens with one attached hydrogen (secondary N) is 2. The van der Waals surface area contributed by atoms with Crippen LogP contribution in [0.2, 0.25) is 0 Å². The first kappa shape index (κ1) is 32.4. The number of halogens is 3. The number of thiazole rings is 1. The minimum atomic E-state index is -3.82. The Hall–Kier alpha value is -4.53. The van der Waals surface area contributed by atoms with Gasteiger partial charge in [0.2, 0.25) is 5.95 Å². The number of hydrogen-bond donors (Lipinski definition) is 2. The molecule has 1 fully saturated rings. The van der Waals surface area contributed by atoms with E-state index >= 15 is 4.39 Å². The maximum atomic E-state index is 15.1. The van der Waals surface area contributed by atoms with E-state index in [-0.39, 0.29) is 11.1 Å². The van der Waals surface area contributed by atoms with E-state index in [1.165, 1.54) is 29.5 Å². The van der Waals surface area contributed by atoms with E-state index in [1.807, 2.05) is 32.9 Å². The maximum Gasteiger partial charge on any atom is 0.227 e. The largest absolute Gasteiger partial charge is 0.378 e. The summed E-state index contributed by atoms with van der Waals surface area (Å²) in [7, 11) is -3.82. The van der Waals surface area contributed by atoms with Gasteiger partial charge in [-0.25, -0.2) is 37.3 Å². The van der Waals surface area contributed by atoms with Crippen LogP contribution in [0.4, 0.5) is 36.3 Å². The van der Waals surface area contributed by atoms with E-state index in [9.17, 15) is 13.0 Å². The lowest BCUT2D eigenvalue weighted by Gasteiger charge is -2.27. The van der Waals surface area contributed by atoms with Gasteiger partial charge >= 0.3 is 0 Å². The molecule has 0 saturated carbocycles. The monoisotopic (exact) mass is 679 g/mol. The minimum Gasteiger partial charge on any atom is -0.378 e. The number of aromatic nitrogens is 4. The molecule has 5 aromatic rings. The van der Waals surface area contributed by atoms with Crippen LogP contribution in [0.1, 0.15) is 25.8 Å². The molecular formula is C33H32F3N7O2S2. The molecule has 9 nitrogen and oxygen atoms in total. The molecule has 2 aromatic carbocycles. The lowest BCUT2D eigenvalue weighted by Crippen LogP contribution is -2.36. The number of anilines is 4. The third kappa shape index (κ3) is 7.09. The molecule has 0 spiro atoms. The summed E-state index contributed by atoms with van der Waals surface area (Å²) in [5.74, 6) is 1.81. The van der Waals surface area contributed by atoms with Crippen molar-refractivity contribution in [2.45, 2.75) is 31.1 Å². The molecule has 0 bridgehead atoms. The van der Waals surface area contributed by atoms with Crippen LogP contribution in [0.15, 0.2) is 71.9 Å². The van der Waals surface area contributed by atoms with Crippen LogP contribution in [0, 0.1) is 17.5 Å². The number of ether oxygens (including phenoxy) is 1. The molecule has 1 aliphatic rings. The number of benzene rings is 2. The van der Waals surface area contributed by atoms with Crippen molar-refractivity contribution in [1.82, 2.24) is 19.9 Å². The number of pyridine rings is 1. The highest BCUT2D eigenvalue weighted by molar-refractivity contribution is 8.01. The number of nitrogens with zero attached hydrogens (tertiary/aromatic N) is 5. The van der Waals surface area contributed by atoms with Crippen LogP contribution in [-0.4, -0.2) is 56.3 Å². The van der Waals surface area contributed by atoms with Crippen molar-refractivity contribution >= 4 is 50.1 Å². The summed E-state index contributed by atoms with van der Waals surface area (Å²) in [6, 6.07) is 12.8. The first-order chi connectivity index (χ1) is 22.4. The van der Waals surface area contributed by atoms with Crippen LogP contribution in [0.25, 0.3) is 21.8 Å². The van der Waals surface area contributed by atoms with E-state index in [2.05, 4.69) is 30.8 Å². The van der Waals surface area contributed by atoms with Crippen molar-refractivity contribution in [2.24, 2.45) is 0 Å². The first-order valence-corrected chi connectivity index (χ1v) is 17.2. The van der Waals surface area contributed by atoms with Gasteiger partial charge in [-0.3, -0.25) is 0 Å². The summed E-state index contributed by atoms with van der Waals surface area (Å²) >= 11 is 1.43. The molecule has 3 aromatic heterocycles. The van der Waals surface area contributed by atoms with Gasteiger partial charge in [0.25, 0.3) is 0 Å². The van der Waals surface area contributed by atoms with E-state index in [1.54, 1.807) is 18.5 Å². The van der Waals surface area contributed by atoms with Gasteiger partial charge in [0, 0.05) is 30.3 Å². The van der Waals surface area contributed by atoms with E-state index in [0.717, 1.165) is 42.1 Å². The van der Waals surface area contributed by atoms with E-state index in [4.69, 9.17) is 14.7 Å². The highest BCUT2D eigenvalue weighted by Gasteiger charge is 2.26. The second-order valence-corrected chi connectivity index (χ2v) is 14.8. The van der Waals surface area contributed by atoms with Gasteiger partial charge < -0.3 is 19.7 Å². The minimum absolute atomic E-state index is 0.250. The molecule has 1 atom stereocenters. The Morgan fingerprint density at radius 1 is 0.957 bits per heavy atom. The van der Waals surface area contributed by atoms with Crippen LogP contribution in [0.3, 0.4) is 0 Å². The van der Waals surface area contributed by atoms with Crippen molar-refractivity contribution < 1.29 is 22.1 Å². The van der Waals surface area contributed by atoms with Gasteiger partial charge in [-0.1, -0.05) is 26.8 Å². The molecule has 1 unspecified atom stereocenters. The average molecular weight is 680 g/mol. The molecule has 14 heteroatoms. The molecule has 47 heavy (non-hydrogen) atoms. The van der Waals surface area contributed by atoms with Crippen molar-refractivity contribution in [3.05, 3.63) is 89.5 Å². The van der Waals surface area contributed by atoms with Gasteiger partial charge in [-0.15, -0.1) is 11.3 Å². The van der Waals surface area contributed by atoms with Gasteiger partial charge in [0.15, 0.2) is 0 Å². The van der Waals surface area contributed by atoms with Gasteiger partial charge in [-0.05, 0) is 54.4 Å². The molecular weight excluding hydrogens is 648 g/mol. The highest BCUT2D eigenvalue weighted by atomic mass is 32.2. The molecule has 6 rings (SSSR count). The van der Waals surface area contributed by atoms with Crippen LogP contribution < -0.4 is 14.9 Å². The zero-order valence-electron chi connectivity index (χ0n) is 25.9. The SMILES string of the molecule is C=S(=O)(Nc1cc(-c2nc(C(C)(C)C)sc2-c2ccnc(Nc3ccc(N4CCOCC4)nc3)n2)ccc1F)c1c(F)cccc1F. The Morgan fingerprint density at radius 3 is 2.38 bits per heavy atom. The van der Waals surface area contributed by atoms with Crippen LogP contribution >= 0.6 is 11.3 Å². The van der Waals surface area contributed by atoms with Crippen LogP contribution in [-0.2, 0) is 19.9 Å². The van der Waals surface area contributed by atoms with E-state index < -0.39 is 32.1 Å². The molecule has 2 N–H and O–H groups in total. The zero-order valence-corrected chi connectivity index (χ0v) is 27.5. The zero-order chi connectivity index (χ0) is 33.3. The topological polar surface area (TPSA) is 105 Å². The fourth-order valence-corrected chi connectivity index (χ4v) is 7.40. The molecule has 0 aliphatic carbocycles. The second-order valence-electron chi connectivity index (χ2n) is 11.9. The Kier molecular flexibility index (Phi) is 8.92. The van der Waals surface area contributed by atoms with Gasteiger partial charge in [0.05, 0.1) is 61.8 Å². The first-order valence-electron chi connectivity index (χ1n) is 14.7. The predicted molar refractivity (Wildman–Crippen MR) is 181 cm³/mol. The third-order valence-corrected chi connectivity index (χ3v) is 10.4. The summed E-state index contributed by atoms with van der Waals surface area (Å²) in [5.41, 5.74) is 1.66. The Morgan fingerprint density at radius 2 is 1.70 bits per heavy atom. The van der Waals surface area contributed by atoms with Crippen molar-refractivity contribution in [3.8, 4) is 21.8 Å². The molecule has 1 aliphatic heterocycles. The number of hydrogen-bond acceptors (Lipinski definition) is 9. The fraction of sp³-hybridized carbons (Fsp3) is 0.242. The smallest absolute Gasteiger partial charge is 0.227 e. The quantitative estimate of drug-likeness (QED) is 0.168. The lowest BCUT2D eigenvalue weighted by molar-refractivity contribution is 0.122. The molecule has 4 heterocycles. The molecule has 244 valence electrons. The predicted octanol–water partition coefficient (Wildman–Crippen LogP) is 7.06. The molecule has 0 radical (unpaired) electrons. The molecule has 0 amide bonds. The number of rotatable bonds is 8. The maximum absolute atomic E-state index is 15.1. The van der Waals surface area contributed by atoms with Crippen molar-refractivity contribution in [1.29, 1.82) is 0 Å². The van der Waals surface area contributed by atoms with E-state index in [0.29, 0.717) is 46.7 Å². The Bertz CT molecular complexity index is 2010. The average Bonchev–Trinajstić information content (AvgIpc) is 3.50. The van der Waals surface area contributed by atoms with Crippen molar-refractivity contribution in [2.75, 3.05) is 41.2 Å². The summed E-state index contributed by atoms with van der Waals surface area (Å²) in [6.07, 6.45) is 3.34. The number of morpholine rings is 1. The summed E-state index contributed by atoms with van der Waals surface area (Å²) < 4.78 is 65.3. The summed E-state index contributed by atoms with van der Waals surface area (Å²) in [4.78, 5) is 20.7. The van der Waals surface area contributed by atoms with Crippen LogP contribution in [0.5, 0.6) is 0 Å².